The second-order valence-corrected chi connectivity index (χ2v) is 8.55. The van der Waals surface area contributed by atoms with Crippen molar-refractivity contribution < 1.29 is 9.59 Å². The summed E-state index contributed by atoms with van der Waals surface area (Å²) in [5, 5.41) is 3.18. The van der Waals surface area contributed by atoms with Crippen molar-refractivity contribution in [2.24, 2.45) is 5.92 Å². The van der Waals surface area contributed by atoms with Crippen molar-refractivity contribution >= 4 is 23.5 Å². The second-order valence-electron chi connectivity index (χ2n) is 7.56. The first-order chi connectivity index (χ1) is 11.8. The molecule has 2 rings (SSSR count). The molecule has 0 atom stereocenters. The fourth-order valence-electron chi connectivity index (χ4n) is 3.91. The number of ketones is 1. The summed E-state index contributed by atoms with van der Waals surface area (Å²) in [6.45, 7) is 10.0. The molecule has 0 radical (unpaired) electrons. The van der Waals surface area contributed by atoms with Crippen molar-refractivity contribution in [1.29, 1.82) is 0 Å². The zero-order valence-corrected chi connectivity index (χ0v) is 17.0. The Labute approximate surface area is 156 Å². The van der Waals surface area contributed by atoms with E-state index in [2.05, 4.69) is 25.2 Å². The second kappa shape index (κ2) is 8.88. The van der Waals surface area contributed by atoms with Gasteiger partial charge >= 0.3 is 0 Å². The van der Waals surface area contributed by atoms with Gasteiger partial charge in [0.25, 0.3) is 0 Å². The molecule has 1 N–H and O–H groups in total. The molecule has 0 heterocycles. The lowest BCUT2D eigenvalue weighted by Gasteiger charge is -2.26. The predicted octanol–water partition coefficient (Wildman–Crippen LogP) is 4.74. The lowest BCUT2D eigenvalue weighted by atomic mass is 9.87. The molecule has 1 aliphatic carbocycles. The van der Waals surface area contributed by atoms with Crippen LogP contribution in [0.3, 0.4) is 0 Å². The number of Topliss-reactive ketones (excluding diaryl/α,β-unsaturated/α-hetero) is 1. The number of amides is 1. The summed E-state index contributed by atoms with van der Waals surface area (Å²) in [6.07, 6.45) is 4.65. The molecule has 3 nitrogen and oxygen atoms in total. The highest BCUT2D eigenvalue weighted by Crippen LogP contribution is 2.27. The smallest absolute Gasteiger partial charge is 0.230 e. The van der Waals surface area contributed by atoms with Crippen LogP contribution in [0.4, 0.5) is 0 Å². The van der Waals surface area contributed by atoms with Crippen LogP contribution in [-0.4, -0.2) is 23.5 Å². The molecule has 138 valence electrons. The van der Waals surface area contributed by atoms with E-state index in [1.165, 1.54) is 24.0 Å². The van der Waals surface area contributed by atoms with Crippen molar-refractivity contribution in [2.75, 3.05) is 5.75 Å². The predicted molar refractivity (Wildman–Crippen MR) is 106 cm³/mol. The van der Waals surface area contributed by atoms with Crippen molar-refractivity contribution in [1.82, 2.24) is 5.32 Å². The van der Waals surface area contributed by atoms with E-state index < -0.39 is 0 Å². The van der Waals surface area contributed by atoms with Gasteiger partial charge in [-0.3, -0.25) is 9.59 Å². The Morgan fingerprint density at radius 3 is 2.36 bits per heavy atom. The van der Waals surface area contributed by atoms with Gasteiger partial charge in [-0.25, -0.2) is 0 Å². The van der Waals surface area contributed by atoms with Gasteiger partial charge in [-0.1, -0.05) is 13.0 Å². The summed E-state index contributed by atoms with van der Waals surface area (Å²) in [5.74, 6) is 2.30. The van der Waals surface area contributed by atoms with Crippen LogP contribution in [0.5, 0.6) is 0 Å². The van der Waals surface area contributed by atoms with Gasteiger partial charge in [-0.05, 0) is 81.5 Å². The van der Waals surface area contributed by atoms with Crippen LogP contribution in [0, 0.1) is 26.7 Å². The number of aryl methyl sites for hydroxylation is 2. The minimum atomic E-state index is 0.116. The van der Waals surface area contributed by atoms with E-state index in [0.717, 1.165) is 41.2 Å². The van der Waals surface area contributed by atoms with Crippen molar-refractivity contribution in [3.05, 3.63) is 33.9 Å². The molecule has 0 unspecified atom stereocenters. The van der Waals surface area contributed by atoms with Crippen LogP contribution >= 0.6 is 11.8 Å². The topological polar surface area (TPSA) is 46.2 Å². The van der Waals surface area contributed by atoms with E-state index in [4.69, 9.17) is 0 Å². The minimum Gasteiger partial charge on any atom is -0.353 e. The number of rotatable bonds is 6. The third-order valence-corrected chi connectivity index (χ3v) is 6.30. The Bertz CT molecular complexity index is 646. The molecule has 1 saturated carbocycles. The Morgan fingerprint density at radius 2 is 1.76 bits per heavy atom. The van der Waals surface area contributed by atoms with Gasteiger partial charge < -0.3 is 5.32 Å². The molecular formula is C21H31NO2S. The minimum absolute atomic E-state index is 0.116. The van der Waals surface area contributed by atoms with Crippen LogP contribution in [-0.2, 0) is 10.5 Å². The summed E-state index contributed by atoms with van der Waals surface area (Å²) in [5.41, 5.74) is 5.34. The molecule has 0 aromatic heterocycles. The first-order valence-electron chi connectivity index (χ1n) is 9.27. The molecule has 1 aromatic carbocycles. The first kappa shape index (κ1) is 20.0. The maximum Gasteiger partial charge on any atom is 0.230 e. The van der Waals surface area contributed by atoms with Crippen LogP contribution in [0.1, 0.15) is 72.1 Å². The van der Waals surface area contributed by atoms with Gasteiger partial charge in [0.05, 0.1) is 5.75 Å². The fraction of sp³-hybridized carbons (Fsp3) is 0.619. The SMILES string of the molecule is CC(=O)c1c(C)cc(C)c(CSCC(=O)NC2CCC(C)CC2)c1C. The monoisotopic (exact) mass is 361 g/mol. The maximum atomic E-state index is 12.2. The third kappa shape index (κ3) is 5.34. The highest BCUT2D eigenvalue weighted by Gasteiger charge is 2.20. The average molecular weight is 362 g/mol. The Kier molecular flexibility index (Phi) is 7.12. The molecular weight excluding hydrogens is 330 g/mol. The highest BCUT2D eigenvalue weighted by molar-refractivity contribution is 7.99. The Balaban J connectivity index is 1.90. The van der Waals surface area contributed by atoms with Crippen LogP contribution in [0.25, 0.3) is 0 Å². The Hall–Kier alpha value is -1.29. The fourth-order valence-corrected chi connectivity index (χ4v) is 4.93. The molecule has 25 heavy (non-hydrogen) atoms. The number of hydrogen-bond acceptors (Lipinski definition) is 3. The zero-order chi connectivity index (χ0) is 18.6. The standard InChI is InChI=1S/C21H31NO2S/c1-13-6-8-18(9-7-13)22-20(24)12-25-11-19-14(2)10-15(3)21(16(19)4)17(5)23/h10,13,18H,6-9,11-12H2,1-5H3,(H,22,24). The zero-order valence-electron chi connectivity index (χ0n) is 16.2. The first-order valence-corrected chi connectivity index (χ1v) is 10.4. The molecule has 1 aliphatic rings. The summed E-state index contributed by atoms with van der Waals surface area (Å²) in [7, 11) is 0. The number of benzene rings is 1. The van der Waals surface area contributed by atoms with E-state index in [1.807, 2.05) is 13.8 Å². The number of nitrogens with one attached hydrogen (secondary N) is 1. The lowest BCUT2D eigenvalue weighted by molar-refractivity contribution is -0.119. The van der Waals surface area contributed by atoms with Crippen molar-refractivity contribution in [2.45, 2.75) is 72.1 Å². The summed E-state index contributed by atoms with van der Waals surface area (Å²) in [4.78, 5) is 24.1. The molecule has 0 spiro atoms. The van der Waals surface area contributed by atoms with Gasteiger partial charge in [-0.2, -0.15) is 0 Å². The Morgan fingerprint density at radius 1 is 1.12 bits per heavy atom. The quantitative estimate of drug-likeness (QED) is 0.744. The van der Waals surface area contributed by atoms with Crippen LogP contribution in [0.15, 0.2) is 6.07 Å². The van der Waals surface area contributed by atoms with Crippen LogP contribution < -0.4 is 5.32 Å². The van der Waals surface area contributed by atoms with E-state index in [0.29, 0.717) is 11.8 Å². The van der Waals surface area contributed by atoms with Crippen LogP contribution in [0.2, 0.25) is 0 Å². The maximum absolute atomic E-state index is 12.2. The number of hydrogen-bond donors (Lipinski definition) is 1. The molecule has 0 saturated heterocycles. The van der Waals surface area contributed by atoms with Crippen molar-refractivity contribution in [3.8, 4) is 0 Å². The number of carbonyl (C=O) groups excluding carboxylic acids is 2. The van der Waals surface area contributed by atoms with E-state index >= 15 is 0 Å². The molecule has 0 bridgehead atoms. The average Bonchev–Trinajstić information content (AvgIpc) is 2.52. The number of carbonyl (C=O) groups is 2. The van der Waals surface area contributed by atoms with Crippen molar-refractivity contribution in [3.63, 3.8) is 0 Å². The molecule has 1 amide bonds. The van der Waals surface area contributed by atoms with Gasteiger partial charge in [0, 0.05) is 17.4 Å². The van der Waals surface area contributed by atoms with Gasteiger partial charge in [0.1, 0.15) is 0 Å². The van der Waals surface area contributed by atoms with Gasteiger partial charge in [0.15, 0.2) is 5.78 Å². The molecule has 1 fully saturated rings. The van der Waals surface area contributed by atoms with E-state index in [9.17, 15) is 9.59 Å². The number of thioether (sulfide) groups is 1. The lowest BCUT2D eigenvalue weighted by Crippen LogP contribution is -2.38. The summed E-state index contributed by atoms with van der Waals surface area (Å²) in [6, 6.07) is 2.44. The van der Waals surface area contributed by atoms with E-state index in [1.54, 1.807) is 18.7 Å². The highest BCUT2D eigenvalue weighted by atomic mass is 32.2. The summed E-state index contributed by atoms with van der Waals surface area (Å²) >= 11 is 1.63. The molecule has 0 aliphatic heterocycles. The third-order valence-electron chi connectivity index (χ3n) is 5.34. The van der Waals surface area contributed by atoms with Gasteiger partial charge in [-0.15, -0.1) is 11.8 Å². The van der Waals surface area contributed by atoms with E-state index in [-0.39, 0.29) is 11.7 Å². The molecule has 1 aromatic rings. The largest absolute Gasteiger partial charge is 0.353 e. The van der Waals surface area contributed by atoms with Gasteiger partial charge in [0.2, 0.25) is 5.91 Å². The normalized spacial score (nSPS) is 20.4. The molecule has 4 heteroatoms. The summed E-state index contributed by atoms with van der Waals surface area (Å²) < 4.78 is 0.